The molecule has 0 spiro atoms. The number of rotatable bonds is 8. The predicted molar refractivity (Wildman–Crippen MR) is 79.2 cm³/mol. The lowest BCUT2D eigenvalue weighted by Crippen LogP contribution is -2.48. The summed E-state index contributed by atoms with van der Waals surface area (Å²) < 4.78 is 0. The molecule has 4 heteroatoms. The Balaban J connectivity index is 2.04. The van der Waals surface area contributed by atoms with E-state index in [9.17, 15) is 0 Å². The summed E-state index contributed by atoms with van der Waals surface area (Å²) in [5, 5.41) is 3.31. The fraction of sp³-hybridized carbons (Fsp3) is 1.00. The Labute approximate surface area is 113 Å². The fourth-order valence-corrected chi connectivity index (χ4v) is 2.34. The van der Waals surface area contributed by atoms with Crippen LogP contribution in [0.15, 0.2) is 0 Å². The van der Waals surface area contributed by atoms with Crippen LogP contribution < -0.4 is 5.32 Å². The van der Waals surface area contributed by atoms with E-state index in [4.69, 9.17) is 0 Å². The third-order valence-corrected chi connectivity index (χ3v) is 3.93. The molecule has 1 heterocycles. The highest BCUT2D eigenvalue weighted by Crippen LogP contribution is 2.04. The summed E-state index contributed by atoms with van der Waals surface area (Å²) in [5.41, 5.74) is 0. The van der Waals surface area contributed by atoms with Crippen molar-refractivity contribution in [2.45, 2.75) is 25.8 Å². The van der Waals surface area contributed by atoms with Crippen LogP contribution in [0.4, 0.5) is 0 Å². The minimum absolute atomic E-state index is 0.659. The van der Waals surface area contributed by atoms with Crippen LogP contribution in [0.25, 0.3) is 0 Å². The van der Waals surface area contributed by atoms with Gasteiger partial charge in [-0.1, -0.05) is 0 Å². The number of nitrogens with zero attached hydrogens (tertiary/aromatic N) is 3. The van der Waals surface area contributed by atoms with E-state index >= 15 is 0 Å². The van der Waals surface area contributed by atoms with Gasteiger partial charge in [0.15, 0.2) is 0 Å². The monoisotopic (exact) mass is 256 g/mol. The molecule has 108 valence electrons. The van der Waals surface area contributed by atoms with Crippen molar-refractivity contribution in [2.24, 2.45) is 0 Å². The highest BCUT2D eigenvalue weighted by atomic mass is 15.3. The quantitative estimate of drug-likeness (QED) is 0.685. The van der Waals surface area contributed by atoms with Crippen molar-refractivity contribution in [3.63, 3.8) is 0 Å². The molecule has 0 amide bonds. The van der Waals surface area contributed by atoms with E-state index in [2.05, 4.69) is 41.0 Å². The molecular weight excluding hydrogens is 224 g/mol. The first kappa shape index (κ1) is 15.9. The Kier molecular flexibility index (Phi) is 7.82. The maximum Gasteiger partial charge on any atom is 0.0110 e. The molecule has 1 unspecified atom stereocenters. The van der Waals surface area contributed by atoms with Crippen molar-refractivity contribution in [1.29, 1.82) is 0 Å². The molecule has 0 saturated carbocycles. The van der Waals surface area contributed by atoms with Gasteiger partial charge in [0.1, 0.15) is 0 Å². The first-order valence-corrected chi connectivity index (χ1v) is 7.38. The summed E-state index contributed by atoms with van der Waals surface area (Å²) in [4.78, 5) is 7.48. The van der Waals surface area contributed by atoms with E-state index in [1.165, 1.54) is 58.7 Å². The van der Waals surface area contributed by atoms with E-state index in [0.717, 1.165) is 0 Å². The van der Waals surface area contributed by atoms with Crippen molar-refractivity contribution in [1.82, 2.24) is 20.0 Å². The van der Waals surface area contributed by atoms with Crippen LogP contribution in [0.1, 0.15) is 19.8 Å². The molecule has 0 radical (unpaired) electrons. The molecular formula is C14H32N4. The number of nitrogens with one attached hydrogen (secondary N) is 1. The van der Waals surface area contributed by atoms with Gasteiger partial charge in [0.05, 0.1) is 0 Å². The second-order valence-corrected chi connectivity index (χ2v) is 5.82. The number of likely N-dealkylation sites (N-methyl/N-ethyl adjacent to an activating group) is 1. The van der Waals surface area contributed by atoms with Gasteiger partial charge < -0.3 is 15.1 Å². The standard InChI is InChI=1S/C14H32N4/c1-14(15-2)6-5-7-17-10-12-18(13-11-17)9-8-16(3)4/h14-15H,5-13H2,1-4H3. The summed E-state index contributed by atoms with van der Waals surface area (Å²) in [6.07, 6.45) is 2.61. The molecule has 1 atom stereocenters. The Morgan fingerprint density at radius 1 is 1.06 bits per heavy atom. The molecule has 1 rings (SSSR count). The Hall–Kier alpha value is -0.160. The van der Waals surface area contributed by atoms with Crippen LogP contribution in [0, 0.1) is 0 Å². The largest absolute Gasteiger partial charge is 0.317 e. The molecule has 1 N–H and O–H groups in total. The maximum absolute atomic E-state index is 3.31. The zero-order chi connectivity index (χ0) is 13.4. The molecule has 0 bridgehead atoms. The SMILES string of the molecule is CNC(C)CCCN1CCN(CCN(C)C)CC1. The highest BCUT2D eigenvalue weighted by Gasteiger charge is 2.16. The summed E-state index contributed by atoms with van der Waals surface area (Å²) in [7, 11) is 6.35. The zero-order valence-corrected chi connectivity index (χ0v) is 12.8. The van der Waals surface area contributed by atoms with Gasteiger partial charge in [-0.3, -0.25) is 4.90 Å². The number of piperazine rings is 1. The van der Waals surface area contributed by atoms with Crippen molar-refractivity contribution >= 4 is 0 Å². The maximum atomic E-state index is 3.31. The minimum Gasteiger partial charge on any atom is -0.317 e. The summed E-state index contributed by atoms with van der Waals surface area (Å²) in [6, 6.07) is 0.659. The molecule has 0 aromatic carbocycles. The van der Waals surface area contributed by atoms with E-state index < -0.39 is 0 Å². The van der Waals surface area contributed by atoms with Gasteiger partial charge >= 0.3 is 0 Å². The van der Waals surface area contributed by atoms with Gasteiger partial charge in [0, 0.05) is 45.3 Å². The normalized spacial score (nSPS) is 20.5. The van der Waals surface area contributed by atoms with Crippen LogP contribution in [0.3, 0.4) is 0 Å². The van der Waals surface area contributed by atoms with Gasteiger partial charge in [0.2, 0.25) is 0 Å². The zero-order valence-electron chi connectivity index (χ0n) is 12.8. The molecule has 1 fully saturated rings. The van der Waals surface area contributed by atoms with Crippen LogP contribution >= 0.6 is 0 Å². The van der Waals surface area contributed by atoms with Crippen molar-refractivity contribution in [3.05, 3.63) is 0 Å². The molecule has 4 nitrogen and oxygen atoms in total. The van der Waals surface area contributed by atoms with Crippen LogP contribution in [-0.2, 0) is 0 Å². The average molecular weight is 256 g/mol. The van der Waals surface area contributed by atoms with Gasteiger partial charge in [-0.25, -0.2) is 0 Å². The van der Waals surface area contributed by atoms with Gasteiger partial charge in [0.25, 0.3) is 0 Å². The van der Waals surface area contributed by atoms with Crippen molar-refractivity contribution in [3.8, 4) is 0 Å². The lowest BCUT2D eigenvalue weighted by atomic mass is 10.1. The molecule has 0 aromatic heterocycles. The Bertz CT molecular complexity index is 200. The smallest absolute Gasteiger partial charge is 0.0110 e. The van der Waals surface area contributed by atoms with Crippen molar-refractivity contribution < 1.29 is 0 Å². The van der Waals surface area contributed by atoms with Gasteiger partial charge in [-0.15, -0.1) is 0 Å². The fourth-order valence-electron chi connectivity index (χ4n) is 2.34. The van der Waals surface area contributed by atoms with E-state index in [0.29, 0.717) is 6.04 Å². The highest BCUT2D eigenvalue weighted by molar-refractivity contribution is 4.73. The average Bonchev–Trinajstić information content (AvgIpc) is 2.37. The molecule has 18 heavy (non-hydrogen) atoms. The number of hydrogen-bond acceptors (Lipinski definition) is 4. The van der Waals surface area contributed by atoms with Crippen molar-refractivity contribution in [2.75, 3.05) is 67.0 Å². The molecule has 1 aliphatic rings. The first-order valence-electron chi connectivity index (χ1n) is 7.38. The van der Waals surface area contributed by atoms with Crippen LogP contribution in [0.5, 0.6) is 0 Å². The molecule has 1 saturated heterocycles. The summed E-state index contributed by atoms with van der Waals surface area (Å²) >= 11 is 0. The Morgan fingerprint density at radius 3 is 2.11 bits per heavy atom. The number of hydrogen-bond donors (Lipinski definition) is 1. The summed E-state index contributed by atoms with van der Waals surface area (Å²) in [5.74, 6) is 0. The van der Waals surface area contributed by atoms with Crippen LogP contribution in [0.2, 0.25) is 0 Å². The lowest BCUT2D eigenvalue weighted by molar-refractivity contribution is 0.123. The van der Waals surface area contributed by atoms with E-state index in [-0.39, 0.29) is 0 Å². The van der Waals surface area contributed by atoms with E-state index in [1.807, 2.05) is 7.05 Å². The minimum atomic E-state index is 0.659. The molecule has 0 aromatic rings. The topological polar surface area (TPSA) is 21.8 Å². The van der Waals surface area contributed by atoms with Gasteiger partial charge in [-0.2, -0.15) is 0 Å². The third kappa shape index (κ3) is 6.69. The second kappa shape index (κ2) is 8.86. The Morgan fingerprint density at radius 2 is 1.61 bits per heavy atom. The lowest BCUT2D eigenvalue weighted by Gasteiger charge is -2.35. The summed E-state index contributed by atoms with van der Waals surface area (Å²) in [6.45, 7) is 10.9. The first-order chi connectivity index (χ1) is 8.61. The van der Waals surface area contributed by atoms with Gasteiger partial charge in [-0.05, 0) is 47.5 Å². The molecule has 0 aliphatic carbocycles. The predicted octanol–water partition coefficient (Wildman–Crippen LogP) is 0.554. The molecule has 1 aliphatic heterocycles. The van der Waals surface area contributed by atoms with Crippen LogP contribution in [-0.4, -0.2) is 87.7 Å². The second-order valence-electron chi connectivity index (χ2n) is 5.82. The third-order valence-electron chi connectivity index (χ3n) is 3.93. The van der Waals surface area contributed by atoms with E-state index in [1.54, 1.807) is 0 Å².